The smallest absolute Gasteiger partial charge is 0.236 e. The fourth-order valence-electron chi connectivity index (χ4n) is 1.45. The van der Waals surface area contributed by atoms with Gasteiger partial charge in [0.15, 0.2) is 0 Å². The van der Waals surface area contributed by atoms with Crippen molar-refractivity contribution in [3.05, 3.63) is 30.1 Å². The standard InChI is InChI=1S/C13H21N3O2/c1-11(13(17)15-7-4-8-18-2)16-10-12-5-3-6-14-9-12/h3,5-6,9,11,16H,4,7-8,10H2,1-2H3,(H,15,17). The number of nitrogens with one attached hydrogen (secondary N) is 2. The molecule has 0 spiro atoms. The van der Waals surface area contributed by atoms with E-state index in [1.807, 2.05) is 19.1 Å². The van der Waals surface area contributed by atoms with E-state index in [2.05, 4.69) is 15.6 Å². The van der Waals surface area contributed by atoms with Crippen molar-refractivity contribution in [3.8, 4) is 0 Å². The summed E-state index contributed by atoms with van der Waals surface area (Å²) in [5, 5.41) is 6.01. The molecule has 0 saturated carbocycles. The minimum Gasteiger partial charge on any atom is -0.385 e. The summed E-state index contributed by atoms with van der Waals surface area (Å²) in [5.74, 6) is 0.00925. The SMILES string of the molecule is COCCCNC(=O)C(C)NCc1cccnc1. The fourth-order valence-corrected chi connectivity index (χ4v) is 1.45. The Morgan fingerprint density at radius 2 is 2.39 bits per heavy atom. The summed E-state index contributed by atoms with van der Waals surface area (Å²) >= 11 is 0. The van der Waals surface area contributed by atoms with E-state index in [0.717, 1.165) is 12.0 Å². The van der Waals surface area contributed by atoms with Gasteiger partial charge in [0.05, 0.1) is 6.04 Å². The first-order valence-corrected chi connectivity index (χ1v) is 6.13. The summed E-state index contributed by atoms with van der Waals surface area (Å²) in [6.07, 6.45) is 4.35. The second-order valence-corrected chi connectivity index (χ2v) is 4.10. The van der Waals surface area contributed by atoms with Gasteiger partial charge in [-0.15, -0.1) is 0 Å². The van der Waals surface area contributed by atoms with Gasteiger partial charge in [-0.1, -0.05) is 6.07 Å². The van der Waals surface area contributed by atoms with Crippen LogP contribution in [0.1, 0.15) is 18.9 Å². The van der Waals surface area contributed by atoms with Gasteiger partial charge >= 0.3 is 0 Å². The quantitative estimate of drug-likeness (QED) is 0.668. The molecule has 0 radical (unpaired) electrons. The molecule has 1 aromatic heterocycles. The third-order valence-corrected chi connectivity index (χ3v) is 2.55. The van der Waals surface area contributed by atoms with Crippen LogP contribution >= 0.6 is 0 Å². The normalized spacial score (nSPS) is 12.1. The van der Waals surface area contributed by atoms with Crippen LogP contribution in [0.4, 0.5) is 0 Å². The van der Waals surface area contributed by atoms with E-state index in [-0.39, 0.29) is 11.9 Å². The maximum absolute atomic E-state index is 11.7. The Labute approximate surface area is 108 Å². The Morgan fingerprint density at radius 1 is 1.56 bits per heavy atom. The summed E-state index contributed by atoms with van der Waals surface area (Å²) in [5.41, 5.74) is 1.07. The molecule has 0 saturated heterocycles. The van der Waals surface area contributed by atoms with Crippen molar-refractivity contribution in [2.45, 2.75) is 25.9 Å². The van der Waals surface area contributed by atoms with Crippen molar-refractivity contribution in [2.24, 2.45) is 0 Å². The molecule has 1 atom stereocenters. The highest BCUT2D eigenvalue weighted by atomic mass is 16.5. The molecule has 0 aromatic carbocycles. The average Bonchev–Trinajstić information content (AvgIpc) is 2.42. The van der Waals surface area contributed by atoms with Gasteiger partial charge in [-0.2, -0.15) is 0 Å². The van der Waals surface area contributed by atoms with Crippen molar-refractivity contribution in [1.82, 2.24) is 15.6 Å². The van der Waals surface area contributed by atoms with E-state index in [1.54, 1.807) is 19.5 Å². The molecule has 0 aliphatic rings. The molecule has 1 unspecified atom stereocenters. The van der Waals surface area contributed by atoms with E-state index in [0.29, 0.717) is 19.7 Å². The predicted octanol–water partition coefficient (Wildman–Crippen LogP) is 0.712. The van der Waals surface area contributed by atoms with Crippen LogP contribution in [0.25, 0.3) is 0 Å². The number of rotatable bonds is 8. The molecule has 100 valence electrons. The number of ether oxygens (including phenoxy) is 1. The maximum atomic E-state index is 11.7. The summed E-state index contributed by atoms with van der Waals surface area (Å²) in [7, 11) is 1.65. The molecule has 1 amide bonds. The first-order valence-electron chi connectivity index (χ1n) is 6.13. The summed E-state index contributed by atoms with van der Waals surface area (Å²) < 4.78 is 4.92. The molecule has 18 heavy (non-hydrogen) atoms. The summed E-state index contributed by atoms with van der Waals surface area (Å²) in [6, 6.07) is 3.64. The van der Waals surface area contributed by atoms with Crippen molar-refractivity contribution >= 4 is 5.91 Å². The molecule has 0 fully saturated rings. The number of nitrogens with zero attached hydrogens (tertiary/aromatic N) is 1. The van der Waals surface area contributed by atoms with Crippen LogP contribution in [0, 0.1) is 0 Å². The Bertz CT molecular complexity index is 343. The number of hydrogen-bond donors (Lipinski definition) is 2. The van der Waals surface area contributed by atoms with Crippen molar-refractivity contribution in [3.63, 3.8) is 0 Å². The predicted molar refractivity (Wildman–Crippen MR) is 70.0 cm³/mol. The highest BCUT2D eigenvalue weighted by Crippen LogP contribution is 1.95. The average molecular weight is 251 g/mol. The Kier molecular flexibility index (Phi) is 6.98. The van der Waals surface area contributed by atoms with Crippen LogP contribution in [-0.4, -0.2) is 37.2 Å². The maximum Gasteiger partial charge on any atom is 0.236 e. The van der Waals surface area contributed by atoms with Crippen LogP contribution in [0.15, 0.2) is 24.5 Å². The Balaban J connectivity index is 2.19. The van der Waals surface area contributed by atoms with Gasteiger partial charge in [-0.3, -0.25) is 9.78 Å². The lowest BCUT2D eigenvalue weighted by Crippen LogP contribution is -2.42. The third-order valence-electron chi connectivity index (χ3n) is 2.55. The molecule has 0 aliphatic heterocycles. The van der Waals surface area contributed by atoms with E-state index in [9.17, 15) is 4.79 Å². The number of carbonyl (C=O) groups excluding carboxylic acids is 1. The highest BCUT2D eigenvalue weighted by Gasteiger charge is 2.10. The van der Waals surface area contributed by atoms with E-state index >= 15 is 0 Å². The lowest BCUT2D eigenvalue weighted by Gasteiger charge is -2.13. The zero-order chi connectivity index (χ0) is 13.2. The Hall–Kier alpha value is -1.46. The summed E-state index contributed by atoms with van der Waals surface area (Å²) in [6.45, 7) is 3.80. The number of aromatic nitrogens is 1. The van der Waals surface area contributed by atoms with Crippen molar-refractivity contribution in [2.75, 3.05) is 20.3 Å². The lowest BCUT2D eigenvalue weighted by molar-refractivity contribution is -0.122. The van der Waals surface area contributed by atoms with Crippen molar-refractivity contribution in [1.29, 1.82) is 0 Å². The van der Waals surface area contributed by atoms with Gasteiger partial charge in [-0.05, 0) is 25.0 Å². The zero-order valence-corrected chi connectivity index (χ0v) is 11.0. The highest BCUT2D eigenvalue weighted by molar-refractivity contribution is 5.81. The van der Waals surface area contributed by atoms with Gasteiger partial charge in [0.25, 0.3) is 0 Å². The molecular formula is C13H21N3O2. The number of methoxy groups -OCH3 is 1. The van der Waals surface area contributed by atoms with Crippen LogP contribution in [-0.2, 0) is 16.1 Å². The van der Waals surface area contributed by atoms with Gasteiger partial charge in [0.1, 0.15) is 0 Å². The van der Waals surface area contributed by atoms with Gasteiger partial charge in [0, 0.05) is 39.2 Å². The topological polar surface area (TPSA) is 63.2 Å². The molecule has 0 aliphatic carbocycles. The largest absolute Gasteiger partial charge is 0.385 e. The number of carbonyl (C=O) groups is 1. The first-order chi connectivity index (χ1) is 8.74. The van der Waals surface area contributed by atoms with Crippen LogP contribution < -0.4 is 10.6 Å². The number of amides is 1. The number of pyridine rings is 1. The molecule has 5 nitrogen and oxygen atoms in total. The molecule has 1 rings (SSSR count). The number of hydrogen-bond acceptors (Lipinski definition) is 4. The van der Waals surface area contributed by atoms with Crippen LogP contribution in [0.2, 0.25) is 0 Å². The van der Waals surface area contributed by atoms with E-state index < -0.39 is 0 Å². The van der Waals surface area contributed by atoms with E-state index in [4.69, 9.17) is 4.74 Å². The van der Waals surface area contributed by atoms with Crippen LogP contribution in [0.5, 0.6) is 0 Å². The molecule has 1 aromatic rings. The van der Waals surface area contributed by atoms with E-state index in [1.165, 1.54) is 0 Å². The third kappa shape index (κ3) is 5.75. The molecule has 2 N–H and O–H groups in total. The fraction of sp³-hybridized carbons (Fsp3) is 0.538. The monoisotopic (exact) mass is 251 g/mol. The molecular weight excluding hydrogens is 230 g/mol. The lowest BCUT2D eigenvalue weighted by atomic mass is 10.2. The Morgan fingerprint density at radius 3 is 3.06 bits per heavy atom. The molecule has 1 heterocycles. The first kappa shape index (κ1) is 14.6. The van der Waals surface area contributed by atoms with Gasteiger partial charge < -0.3 is 15.4 Å². The second kappa shape index (κ2) is 8.60. The minimum atomic E-state index is -0.215. The summed E-state index contributed by atoms with van der Waals surface area (Å²) in [4.78, 5) is 15.7. The van der Waals surface area contributed by atoms with Crippen molar-refractivity contribution < 1.29 is 9.53 Å². The van der Waals surface area contributed by atoms with Crippen LogP contribution in [0.3, 0.4) is 0 Å². The zero-order valence-electron chi connectivity index (χ0n) is 11.0. The van der Waals surface area contributed by atoms with Gasteiger partial charge in [-0.25, -0.2) is 0 Å². The molecule has 0 bridgehead atoms. The minimum absolute atomic E-state index is 0.00925. The second-order valence-electron chi connectivity index (χ2n) is 4.10. The molecule has 5 heteroatoms. The van der Waals surface area contributed by atoms with Gasteiger partial charge in [0.2, 0.25) is 5.91 Å².